The predicted molar refractivity (Wildman–Crippen MR) is 105 cm³/mol. The van der Waals surface area contributed by atoms with E-state index >= 15 is 0 Å². The molecule has 0 spiro atoms. The van der Waals surface area contributed by atoms with Crippen LogP contribution >= 0.6 is 0 Å². The molecular weight excluding hydrogens is 362 g/mol. The number of hydrogen-bond donors (Lipinski definition) is 0. The highest BCUT2D eigenvalue weighted by molar-refractivity contribution is 7.92. The Morgan fingerprint density at radius 3 is 2.19 bits per heavy atom. The van der Waals surface area contributed by atoms with Gasteiger partial charge in [0, 0.05) is 18.7 Å². The molecule has 1 fully saturated rings. The minimum Gasteiger partial charge on any atom is -0.497 e. The van der Waals surface area contributed by atoms with Crippen LogP contribution in [-0.2, 0) is 9.84 Å². The second kappa shape index (κ2) is 7.72. The zero-order valence-electron chi connectivity index (χ0n) is 15.9. The van der Waals surface area contributed by atoms with Gasteiger partial charge >= 0.3 is 0 Å². The third kappa shape index (κ3) is 4.00. The molecule has 0 unspecified atom stereocenters. The van der Waals surface area contributed by atoms with Crippen molar-refractivity contribution in [3.63, 3.8) is 0 Å². The van der Waals surface area contributed by atoms with E-state index in [4.69, 9.17) is 4.74 Å². The number of carbonyl (C=O) groups is 1. The van der Waals surface area contributed by atoms with Crippen molar-refractivity contribution in [2.24, 2.45) is 0 Å². The SMILES string of the molecule is COc1ccc(S(=O)(=O)C2CCN(C(=O)c3ccc(C)c(C)c3)CC2)cc1. The highest BCUT2D eigenvalue weighted by Gasteiger charge is 2.33. The van der Waals surface area contributed by atoms with Crippen molar-refractivity contribution in [2.75, 3.05) is 20.2 Å². The topological polar surface area (TPSA) is 63.7 Å². The number of benzene rings is 2. The Hall–Kier alpha value is -2.34. The van der Waals surface area contributed by atoms with Crippen LogP contribution < -0.4 is 4.74 Å². The van der Waals surface area contributed by atoms with Gasteiger partial charge in [0.25, 0.3) is 5.91 Å². The van der Waals surface area contributed by atoms with Crippen molar-refractivity contribution in [2.45, 2.75) is 36.8 Å². The van der Waals surface area contributed by atoms with Gasteiger partial charge in [-0.1, -0.05) is 6.07 Å². The average molecular weight is 388 g/mol. The van der Waals surface area contributed by atoms with E-state index in [-0.39, 0.29) is 5.91 Å². The molecule has 2 aromatic carbocycles. The lowest BCUT2D eigenvalue weighted by molar-refractivity contribution is 0.0725. The lowest BCUT2D eigenvalue weighted by atomic mass is 10.0. The van der Waals surface area contributed by atoms with Crippen LogP contribution in [-0.4, -0.2) is 44.7 Å². The molecule has 3 rings (SSSR count). The molecule has 0 N–H and O–H groups in total. The molecule has 0 bridgehead atoms. The van der Waals surface area contributed by atoms with Crippen molar-refractivity contribution >= 4 is 15.7 Å². The number of ether oxygens (including phenoxy) is 1. The number of likely N-dealkylation sites (tertiary alicyclic amines) is 1. The van der Waals surface area contributed by atoms with Crippen LogP contribution in [0.1, 0.15) is 34.3 Å². The maximum Gasteiger partial charge on any atom is 0.253 e. The van der Waals surface area contributed by atoms with E-state index in [0.29, 0.717) is 42.1 Å². The maximum atomic E-state index is 12.9. The molecule has 1 saturated heterocycles. The number of rotatable bonds is 4. The third-order valence-electron chi connectivity index (χ3n) is 5.31. The predicted octanol–water partition coefficient (Wildman–Crippen LogP) is 3.39. The Kier molecular flexibility index (Phi) is 5.56. The summed E-state index contributed by atoms with van der Waals surface area (Å²) in [6.45, 7) is 4.90. The van der Waals surface area contributed by atoms with E-state index in [0.717, 1.165) is 11.1 Å². The van der Waals surface area contributed by atoms with Gasteiger partial charge in [0.2, 0.25) is 0 Å². The fourth-order valence-corrected chi connectivity index (χ4v) is 5.12. The van der Waals surface area contributed by atoms with Crippen LogP contribution in [0.3, 0.4) is 0 Å². The minimum atomic E-state index is -3.41. The summed E-state index contributed by atoms with van der Waals surface area (Å²) in [6, 6.07) is 12.2. The molecule has 0 aliphatic carbocycles. The molecule has 5 nitrogen and oxygen atoms in total. The molecule has 6 heteroatoms. The molecule has 0 saturated carbocycles. The Bertz CT molecular complexity index is 927. The van der Waals surface area contributed by atoms with Crippen molar-refractivity contribution in [1.29, 1.82) is 0 Å². The van der Waals surface area contributed by atoms with E-state index in [2.05, 4.69) is 0 Å². The summed E-state index contributed by atoms with van der Waals surface area (Å²) in [6.07, 6.45) is 0.899. The highest BCUT2D eigenvalue weighted by Crippen LogP contribution is 2.27. The lowest BCUT2D eigenvalue weighted by Gasteiger charge is -2.32. The first kappa shape index (κ1) is 19.4. The van der Waals surface area contributed by atoms with Gasteiger partial charge in [0.05, 0.1) is 17.3 Å². The molecule has 27 heavy (non-hydrogen) atoms. The second-order valence-corrected chi connectivity index (χ2v) is 9.24. The van der Waals surface area contributed by atoms with Crippen LogP contribution in [0.25, 0.3) is 0 Å². The molecule has 144 valence electrons. The number of nitrogens with zero attached hydrogens (tertiary/aromatic N) is 1. The first-order chi connectivity index (χ1) is 12.8. The second-order valence-electron chi connectivity index (χ2n) is 7.01. The van der Waals surface area contributed by atoms with Gasteiger partial charge in [-0.3, -0.25) is 4.79 Å². The van der Waals surface area contributed by atoms with Gasteiger partial charge in [0.15, 0.2) is 9.84 Å². The maximum absolute atomic E-state index is 12.9. The summed E-state index contributed by atoms with van der Waals surface area (Å²) in [5.74, 6) is 0.598. The summed E-state index contributed by atoms with van der Waals surface area (Å²) in [7, 11) is -1.86. The van der Waals surface area contributed by atoms with E-state index < -0.39 is 15.1 Å². The van der Waals surface area contributed by atoms with E-state index in [1.165, 1.54) is 0 Å². The van der Waals surface area contributed by atoms with Gasteiger partial charge in [0.1, 0.15) is 5.75 Å². The van der Waals surface area contributed by atoms with Crippen LogP contribution in [0.2, 0.25) is 0 Å². The average Bonchev–Trinajstić information content (AvgIpc) is 2.69. The van der Waals surface area contributed by atoms with Crippen LogP contribution in [0.4, 0.5) is 0 Å². The monoisotopic (exact) mass is 387 g/mol. The molecule has 1 aliphatic rings. The summed E-state index contributed by atoms with van der Waals surface area (Å²) >= 11 is 0. The Morgan fingerprint density at radius 2 is 1.63 bits per heavy atom. The molecule has 0 radical (unpaired) electrons. The van der Waals surface area contributed by atoms with Crippen molar-refractivity contribution in [1.82, 2.24) is 4.90 Å². The Labute approximate surface area is 160 Å². The summed E-state index contributed by atoms with van der Waals surface area (Å²) in [4.78, 5) is 14.8. The zero-order valence-corrected chi connectivity index (χ0v) is 16.8. The quantitative estimate of drug-likeness (QED) is 0.807. The fourth-order valence-electron chi connectivity index (χ4n) is 3.38. The number of amides is 1. The van der Waals surface area contributed by atoms with E-state index in [9.17, 15) is 13.2 Å². The Balaban J connectivity index is 1.68. The first-order valence-electron chi connectivity index (χ1n) is 9.07. The van der Waals surface area contributed by atoms with E-state index in [1.807, 2.05) is 32.0 Å². The van der Waals surface area contributed by atoms with Crippen molar-refractivity contribution in [3.05, 3.63) is 59.2 Å². The van der Waals surface area contributed by atoms with Crippen molar-refractivity contribution in [3.8, 4) is 5.75 Å². The van der Waals surface area contributed by atoms with Crippen LogP contribution in [0.5, 0.6) is 5.75 Å². The third-order valence-corrected chi connectivity index (χ3v) is 7.59. The molecule has 0 atom stereocenters. The Morgan fingerprint density at radius 1 is 1.00 bits per heavy atom. The number of piperidine rings is 1. The smallest absolute Gasteiger partial charge is 0.253 e. The van der Waals surface area contributed by atoms with Crippen LogP contribution in [0.15, 0.2) is 47.4 Å². The van der Waals surface area contributed by atoms with Gasteiger partial charge in [-0.2, -0.15) is 0 Å². The zero-order chi connectivity index (χ0) is 19.6. The van der Waals surface area contributed by atoms with Gasteiger partial charge in [-0.15, -0.1) is 0 Å². The molecule has 1 amide bonds. The summed E-state index contributed by atoms with van der Waals surface area (Å²) < 4.78 is 30.8. The fraction of sp³-hybridized carbons (Fsp3) is 0.381. The molecule has 0 aromatic heterocycles. The lowest BCUT2D eigenvalue weighted by Crippen LogP contribution is -2.42. The van der Waals surface area contributed by atoms with Gasteiger partial charge < -0.3 is 9.64 Å². The normalized spacial score (nSPS) is 15.6. The molecule has 2 aromatic rings. The number of hydrogen-bond acceptors (Lipinski definition) is 4. The van der Waals surface area contributed by atoms with E-state index in [1.54, 1.807) is 36.3 Å². The molecule has 1 aliphatic heterocycles. The van der Waals surface area contributed by atoms with Gasteiger partial charge in [-0.25, -0.2) is 8.42 Å². The summed E-state index contributed by atoms with van der Waals surface area (Å²) in [5.41, 5.74) is 2.89. The van der Waals surface area contributed by atoms with Gasteiger partial charge in [-0.05, 0) is 74.2 Å². The molecular formula is C21H25NO4S. The number of methoxy groups -OCH3 is 1. The minimum absolute atomic E-state index is 0.0293. The standard InChI is InChI=1S/C21H25NO4S/c1-15-4-5-17(14-16(15)2)21(23)22-12-10-20(11-13-22)27(24,25)19-8-6-18(26-3)7-9-19/h4-9,14,20H,10-13H2,1-3H3. The highest BCUT2D eigenvalue weighted by atomic mass is 32.2. The van der Waals surface area contributed by atoms with Crippen molar-refractivity contribution < 1.29 is 17.9 Å². The molecule has 1 heterocycles. The van der Waals surface area contributed by atoms with Crippen LogP contribution in [0, 0.1) is 13.8 Å². The largest absolute Gasteiger partial charge is 0.497 e. The number of aryl methyl sites for hydroxylation is 2. The first-order valence-corrected chi connectivity index (χ1v) is 10.6. The summed E-state index contributed by atoms with van der Waals surface area (Å²) in [5, 5.41) is -0.463. The number of carbonyl (C=O) groups excluding carboxylic acids is 1. The number of sulfone groups is 1.